The minimum atomic E-state index is 0.0978. The van der Waals surface area contributed by atoms with Crippen molar-refractivity contribution >= 4 is 21.7 Å². The molecule has 0 aliphatic carbocycles. The van der Waals surface area contributed by atoms with Crippen LogP contribution in [0.25, 0.3) is 0 Å². The molecule has 0 saturated heterocycles. The number of halogens is 1. The van der Waals surface area contributed by atoms with E-state index in [4.69, 9.17) is 10.5 Å². The predicted molar refractivity (Wildman–Crippen MR) is 59.1 cm³/mol. The van der Waals surface area contributed by atoms with Crippen molar-refractivity contribution in [3.05, 3.63) is 10.8 Å². The summed E-state index contributed by atoms with van der Waals surface area (Å²) in [4.78, 5) is 7.83. The minimum absolute atomic E-state index is 0.0978. The molecule has 14 heavy (non-hydrogen) atoms. The molecule has 0 bridgehead atoms. The monoisotopic (exact) mass is 259 g/mol. The van der Waals surface area contributed by atoms with E-state index in [-0.39, 0.29) is 6.10 Å². The molecule has 2 N–H and O–H groups in total. The number of nitrogens with zero attached hydrogens (tertiary/aromatic N) is 2. The zero-order chi connectivity index (χ0) is 10.7. The molecule has 1 aromatic rings. The highest BCUT2D eigenvalue weighted by molar-refractivity contribution is 9.10. The lowest BCUT2D eigenvalue weighted by Gasteiger charge is -2.17. The van der Waals surface area contributed by atoms with Gasteiger partial charge >= 0.3 is 0 Å². The van der Waals surface area contributed by atoms with Crippen LogP contribution in [0, 0.1) is 5.92 Å². The topological polar surface area (TPSA) is 61.0 Å². The third kappa shape index (κ3) is 2.57. The van der Waals surface area contributed by atoms with Crippen LogP contribution < -0.4 is 10.5 Å². The number of rotatable bonds is 3. The molecular weight excluding hydrogens is 246 g/mol. The van der Waals surface area contributed by atoms with Crippen LogP contribution in [0.3, 0.4) is 0 Å². The maximum absolute atomic E-state index is 5.61. The Bertz CT molecular complexity index is 317. The summed E-state index contributed by atoms with van der Waals surface area (Å²) in [5.74, 6) is 1.32. The fraction of sp³-hybridized carbons (Fsp3) is 0.556. The molecule has 0 fully saturated rings. The first-order valence-electron chi connectivity index (χ1n) is 4.45. The molecule has 0 radical (unpaired) electrons. The first kappa shape index (κ1) is 11.2. The highest BCUT2D eigenvalue weighted by Gasteiger charge is 2.13. The molecule has 78 valence electrons. The number of hydrogen-bond acceptors (Lipinski definition) is 4. The summed E-state index contributed by atoms with van der Waals surface area (Å²) in [6.45, 7) is 6.17. The lowest BCUT2D eigenvalue weighted by Crippen LogP contribution is -2.19. The Morgan fingerprint density at radius 1 is 1.36 bits per heavy atom. The molecule has 4 nitrogen and oxygen atoms in total. The van der Waals surface area contributed by atoms with E-state index in [1.807, 2.05) is 6.92 Å². The number of hydrogen-bond donors (Lipinski definition) is 1. The van der Waals surface area contributed by atoms with E-state index in [0.29, 0.717) is 22.1 Å². The highest BCUT2D eigenvalue weighted by Crippen LogP contribution is 2.27. The normalized spacial score (nSPS) is 12.9. The van der Waals surface area contributed by atoms with E-state index in [1.165, 1.54) is 6.33 Å². The van der Waals surface area contributed by atoms with E-state index in [0.717, 1.165) is 0 Å². The Morgan fingerprint density at radius 2 is 2.00 bits per heavy atom. The van der Waals surface area contributed by atoms with Gasteiger partial charge in [0.05, 0.1) is 6.10 Å². The van der Waals surface area contributed by atoms with Crippen LogP contribution in [0.2, 0.25) is 0 Å². The van der Waals surface area contributed by atoms with Crippen molar-refractivity contribution in [1.82, 2.24) is 9.97 Å². The fourth-order valence-corrected chi connectivity index (χ4v) is 1.06. The van der Waals surface area contributed by atoms with Crippen LogP contribution >= 0.6 is 15.9 Å². The van der Waals surface area contributed by atoms with Crippen molar-refractivity contribution in [1.29, 1.82) is 0 Å². The summed E-state index contributed by atoms with van der Waals surface area (Å²) in [5.41, 5.74) is 5.59. The van der Waals surface area contributed by atoms with Crippen LogP contribution in [0.5, 0.6) is 5.88 Å². The molecule has 0 aliphatic rings. The molecule has 0 amide bonds. The standard InChI is InChI=1S/C9H14BrN3O/c1-5(2)6(3)14-9-7(10)8(11)12-4-13-9/h4-6H,1-3H3,(H2,11,12,13). The second-order valence-corrected chi connectivity index (χ2v) is 4.24. The van der Waals surface area contributed by atoms with Crippen LogP contribution in [-0.4, -0.2) is 16.1 Å². The van der Waals surface area contributed by atoms with Crippen molar-refractivity contribution in [2.45, 2.75) is 26.9 Å². The highest BCUT2D eigenvalue weighted by atomic mass is 79.9. The molecule has 5 heteroatoms. The van der Waals surface area contributed by atoms with Gasteiger partial charge in [-0.3, -0.25) is 0 Å². The van der Waals surface area contributed by atoms with Gasteiger partial charge in [-0.05, 0) is 28.8 Å². The van der Waals surface area contributed by atoms with Gasteiger partial charge < -0.3 is 10.5 Å². The van der Waals surface area contributed by atoms with Gasteiger partial charge in [0.1, 0.15) is 16.6 Å². The van der Waals surface area contributed by atoms with Crippen molar-refractivity contribution in [2.75, 3.05) is 5.73 Å². The number of anilines is 1. The van der Waals surface area contributed by atoms with Crippen LogP contribution in [0.15, 0.2) is 10.8 Å². The molecule has 0 spiro atoms. The quantitative estimate of drug-likeness (QED) is 0.905. The summed E-state index contributed by atoms with van der Waals surface area (Å²) in [5, 5.41) is 0. The average molecular weight is 260 g/mol. The van der Waals surface area contributed by atoms with E-state index in [2.05, 4.69) is 39.7 Å². The Hall–Kier alpha value is -0.840. The van der Waals surface area contributed by atoms with Gasteiger partial charge in [-0.25, -0.2) is 9.97 Å². The van der Waals surface area contributed by atoms with Gasteiger partial charge in [-0.2, -0.15) is 0 Å². The molecule has 0 aromatic carbocycles. The molecule has 1 heterocycles. The van der Waals surface area contributed by atoms with Crippen LogP contribution in [0.1, 0.15) is 20.8 Å². The van der Waals surface area contributed by atoms with Gasteiger partial charge in [-0.15, -0.1) is 0 Å². The second kappa shape index (κ2) is 4.59. The van der Waals surface area contributed by atoms with E-state index in [1.54, 1.807) is 0 Å². The van der Waals surface area contributed by atoms with Crippen molar-refractivity contribution in [3.63, 3.8) is 0 Å². The number of nitrogens with two attached hydrogens (primary N) is 1. The molecule has 1 atom stereocenters. The third-order valence-corrected chi connectivity index (χ3v) is 2.77. The minimum Gasteiger partial charge on any atom is -0.473 e. The Labute approximate surface area is 92.0 Å². The Balaban J connectivity index is 2.82. The Morgan fingerprint density at radius 3 is 2.57 bits per heavy atom. The van der Waals surface area contributed by atoms with Crippen molar-refractivity contribution in [3.8, 4) is 5.88 Å². The van der Waals surface area contributed by atoms with E-state index < -0.39 is 0 Å². The summed E-state index contributed by atoms with van der Waals surface area (Å²) >= 11 is 3.28. The lowest BCUT2D eigenvalue weighted by atomic mass is 10.1. The first-order chi connectivity index (χ1) is 6.52. The summed E-state index contributed by atoms with van der Waals surface area (Å²) in [6, 6.07) is 0. The van der Waals surface area contributed by atoms with Crippen LogP contribution in [0.4, 0.5) is 5.82 Å². The van der Waals surface area contributed by atoms with Crippen molar-refractivity contribution < 1.29 is 4.74 Å². The molecule has 0 saturated carbocycles. The maximum Gasteiger partial charge on any atom is 0.233 e. The molecular formula is C9H14BrN3O. The number of ether oxygens (including phenoxy) is 1. The van der Waals surface area contributed by atoms with Gasteiger partial charge in [0, 0.05) is 0 Å². The van der Waals surface area contributed by atoms with Gasteiger partial charge in [0.2, 0.25) is 5.88 Å². The largest absolute Gasteiger partial charge is 0.473 e. The molecule has 1 rings (SSSR count). The zero-order valence-electron chi connectivity index (χ0n) is 8.49. The summed E-state index contributed by atoms with van der Waals surface area (Å²) < 4.78 is 6.23. The lowest BCUT2D eigenvalue weighted by molar-refractivity contribution is 0.162. The van der Waals surface area contributed by atoms with Crippen LogP contribution in [-0.2, 0) is 0 Å². The number of aromatic nitrogens is 2. The third-order valence-electron chi connectivity index (χ3n) is 2.02. The van der Waals surface area contributed by atoms with E-state index in [9.17, 15) is 0 Å². The molecule has 1 aromatic heterocycles. The maximum atomic E-state index is 5.61. The second-order valence-electron chi connectivity index (χ2n) is 3.45. The fourth-order valence-electron chi connectivity index (χ4n) is 0.761. The van der Waals surface area contributed by atoms with Crippen molar-refractivity contribution in [2.24, 2.45) is 5.92 Å². The summed E-state index contributed by atoms with van der Waals surface area (Å²) in [6.07, 6.45) is 1.49. The average Bonchev–Trinajstić information content (AvgIpc) is 2.12. The first-order valence-corrected chi connectivity index (χ1v) is 5.24. The van der Waals surface area contributed by atoms with E-state index >= 15 is 0 Å². The Kier molecular flexibility index (Phi) is 3.69. The SMILES string of the molecule is CC(C)C(C)Oc1ncnc(N)c1Br. The zero-order valence-corrected chi connectivity index (χ0v) is 10.1. The molecule has 0 aliphatic heterocycles. The number of nitrogen functional groups attached to an aromatic ring is 1. The smallest absolute Gasteiger partial charge is 0.233 e. The van der Waals surface area contributed by atoms with Gasteiger partial charge in [0.25, 0.3) is 0 Å². The predicted octanol–water partition coefficient (Wildman–Crippen LogP) is 2.24. The summed E-state index contributed by atoms with van der Waals surface area (Å²) in [7, 11) is 0. The van der Waals surface area contributed by atoms with Gasteiger partial charge in [-0.1, -0.05) is 13.8 Å². The molecule has 1 unspecified atom stereocenters. The van der Waals surface area contributed by atoms with Gasteiger partial charge in [0.15, 0.2) is 0 Å².